The van der Waals surface area contributed by atoms with E-state index in [-0.39, 0.29) is 13.2 Å². The maximum Gasteiger partial charge on any atom is 0.307 e. The molecule has 5 heteroatoms. The molecular formula is C16H14O5. The van der Waals surface area contributed by atoms with Crippen molar-refractivity contribution in [2.45, 2.75) is 13.0 Å². The molecule has 0 bridgehead atoms. The molecule has 0 radical (unpaired) electrons. The fourth-order valence-corrected chi connectivity index (χ4v) is 2.15. The van der Waals surface area contributed by atoms with Crippen molar-refractivity contribution in [3.8, 4) is 17.2 Å². The number of para-hydroxylation sites is 1. The van der Waals surface area contributed by atoms with Crippen LogP contribution in [0.3, 0.4) is 0 Å². The lowest BCUT2D eigenvalue weighted by atomic mass is 10.1. The summed E-state index contributed by atoms with van der Waals surface area (Å²) in [6, 6.07) is 12.7. The van der Waals surface area contributed by atoms with Crippen LogP contribution in [0.25, 0.3) is 0 Å². The summed E-state index contributed by atoms with van der Waals surface area (Å²) >= 11 is 0. The van der Waals surface area contributed by atoms with Crippen molar-refractivity contribution in [2.75, 3.05) is 6.79 Å². The van der Waals surface area contributed by atoms with Crippen LogP contribution in [-0.2, 0) is 17.8 Å². The van der Waals surface area contributed by atoms with Gasteiger partial charge in [0.1, 0.15) is 12.4 Å². The second-order valence-corrected chi connectivity index (χ2v) is 4.65. The number of aliphatic carboxylic acids is 1. The highest BCUT2D eigenvalue weighted by atomic mass is 16.7. The predicted octanol–water partition coefficient (Wildman–Crippen LogP) is 2.62. The van der Waals surface area contributed by atoms with Gasteiger partial charge in [0.25, 0.3) is 0 Å². The lowest BCUT2D eigenvalue weighted by Gasteiger charge is -2.10. The van der Waals surface area contributed by atoms with Gasteiger partial charge in [-0.15, -0.1) is 0 Å². The van der Waals surface area contributed by atoms with Crippen LogP contribution in [0.2, 0.25) is 0 Å². The van der Waals surface area contributed by atoms with Crippen LogP contribution in [0.5, 0.6) is 17.2 Å². The van der Waals surface area contributed by atoms with E-state index in [4.69, 9.17) is 19.3 Å². The second-order valence-electron chi connectivity index (χ2n) is 4.65. The summed E-state index contributed by atoms with van der Waals surface area (Å²) in [4.78, 5) is 10.8. The molecule has 0 aliphatic carbocycles. The zero-order chi connectivity index (χ0) is 14.7. The molecule has 0 unspecified atom stereocenters. The van der Waals surface area contributed by atoms with E-state index in [1.807, 2.05) is 24.3 Å². The highest BCUT2D eigenvalue weighted by Gasteiger charge is 2.13. The summed E-state index contributed by atoms with van der Waals surface area (Å²) in [5, 5.41) is 8.90. The summed E-state index contributed by atoms with van der Waals surface area (Å²) in [5.74, 6) is 1.13. The van der Waals surface area contributed by atoms with Crippen molar-refractivity contribution in [1.82, 2.24) is 0 Å². The van der Waals surface area contributed by atoms with Crippen LogP contribution >= 0.6 is 0 Å². The zero-order valence-corrected chi connectivity index (χ0v) is 11.2. The molecule has 0 fully saturated rings. The van der Waals surface area contributed by atoms with Gasteiger partial charge in [-0.25, -0.2) is 0 Å². The predicted molar refractivity (Wildman–Crippen MR) is 74.7 cm³/mol. The Labute approximate surface area is 121 Å². The van der Waals surface area contributed by atoms with Crippen LogP contribution in [-0.4, -0.2) is 17.9 Å². The number of carbonyl (C=O) groups is 1. The standard InChI is InChI=1S/C16H14O5/c17-16(18)8-12-3-1-2-4-13(12)19-9-11-5-6-14-15(7-11)21-10-20-14/h1-7H,8-10H2,(H,17,18). The van der Waals surface area contributed by atoms with E-state index in [0.29, 0.717) is 23.7 Å². The number of carboxylic acids is 1. The minimum Gasteiger partial charge on any atom is -0.489 e. The molecule has 0 aromatic heterocycles. The summed E-state index contributed by atoms with van der Waals surface area (Å²) in [5.41, 5.74) is 1.59. The van der Waals surface area contributed by atoms with Crippen molar-refractivity contribution in [1.29, 1.82) is 0 Å². The molecule has 3 rings (SSSR count). The Balaban J connectivity index is 1.71. The average Bonchev–Trinajstić information content (AvgIpc) is 2.93. The second kappa shape index (κ2) is 5.75. The molecule has 1 heterocycles. The normalized spacial score (nSPS) is 12.2. The van der Waals surface area contributed by atoms with E-state index in [1.54, 1.807) is 18.2 Å². The molecular weight excluding hydrogens is 272 g/mol. The molecule has 21 heavy (non-hydrogen) atoms. The third kappa shape index (κ3) is 3.08. The maximum absolute atomic E-state index is 10.8. The van der Waals surface area contributed by atoms with E-state index in [0.717, 1.165) is 11.3 Å². The molecule has 0 amide bonds. The highest BCUT2D eigenvalue weighted by molar-refractivity contribution is 5.71. The maximum atomic E-state index is 10.8. The molecule has 1 N–H and O–H groups in total. The van der Waals surface area contributed by atoms with E-state index in [1.165, 1.54) is 0 Å². The summed E-state index contributed by atoms with van der Waals surface area (Å²) in [6.45, 7) is 0.578. The number of ether oxygens (including phenoxy) is 3. The van der Waals surface area contributed by atoms with E-state index >= 15 is 0 Å². The quantitative estimate of drug-likeness (QED) is 0.915. The van der Waals surface area contributed by atoms with Crippen LogP contribution < -0.4 is 14.2 Å². The average molecular weight is 286 g/mol. The van der Waals surface area contributed by atoms with Crippen LogP contribution in [0, 0.1) is 0 Å². The first-order valence-corrected chi connectivity index (χ1v) is 6.53. The first kappa shape index (κ1) is 13.3. The van der Waals surface area contributed by atoms with E-state index in [2.05, 4.69) is 0 Å². The molecule has 0 atom stereocenters. The van der Waals surface area contributed by atoms with Crippen molar-refractivity contribution in [3.05, 3.63) is 53.6 Å². The Morgan fingerprint density at radius 1 is 1.14 bits per heavy atom. The van der Waals surface area contributed by atoms with Gasteiger partial charge < -0.3 is 19.3 Å². The van der Waals surface area contributed by atoms with Gasteiger partial charge in [0.2, 0.25) is 6.79 Å². The smallest absolute Gasteiger partial charge is 0.307 e. The van der Waals surface area contributed by atoms with Gasteiger partial charge in [0.05, 0.1) is 6.42 Å². The topological polar surface area (TPSA) is 65.0 Å². The van der Waals surface area contributed by atoms with Crippen molar-refractivity contribution in [3.63, 3.8) is 0 Å². The Kier molecular flexibility index (Phi) is 3.64. The molecule has 2 aromatic rings. The third-order valence-corrected chi connectivity index (χ3v) is 3.15. The van der Waals surface area contributed by atoms with E-state index in [9.17, 15) is 4.79 Å². The Morgan fingerprint density at radius 2 is 1.95 bits per heavy atom. The van der Waals surface area contributed by atoms with Gasteiger partial charge in [-0.2, -0.15) is 0 Å². The minimum atomic E-state index is -0.880. The first-order valence-electron chi connectivity index (χ1n) is 6.53. The highest BCUT2D eigenvalue weighted by Crippen LogP contribution is 2.32. The number of hydrogen-bond acceptors (Lipinski definition) is 4. The number of fused-ring (bicyclic) bond motifs is 1. The Morgan fingerprint density at radius 3 is 2.81 bits per heavy atom. The van der Waals surface area contributed by atoms with Crippen molar-refractivity contribution < 1.29 is 24.1 Å². The number of carboxylic acid groups (broad SMARTS) is 1. The van der Waals surface area contributed by atoms with Crippen molar-refractivity contribution in [2.24, 2.45) is 0 Å². The fraction of sp³-hybridized carbons (Fsp3) is 0.188. The van der Waals surface area contributed by atoms with Crippen LogP contribution in [0.15, 0.2) is 42.5 Å². The Bertz CT molecular complexity index is 665. The van der Waals surface area contributed by atoms with Crippen molar-refractivity contribution >= 4 is 5.97 Å². The molecule has 0 saturated carbocycles. The van der Waals surface area contributed by atoms with Gasteiger partial charge in [0.15, 0.2) is 11.5 Å². The van der Waals surface area contributed by atoms with Gasteiger partial charge in [-0.3, -0.25) is 4.79 Å². The third-order valence-electron chi connectivity index (χ3n) is 3.15. The zero-order valence-electron chi connectivity index (χ0n) is 11.2. The molecule has 1 aliphatic rings. The molecule has 2 aromatic carbocycles. The van der Waals surface area contributed by atoms with Gasteiger partial charge in [0, 0.05) is 5.56 Å². The lowest BCUT2D eigenvalue weighted by molar-refractivity contribution is -0.136. The largest absolute Gasteiger partial charge is 0.489 e. The van der Waals surface area contributed by atoms with E-state index < -0.39 is 5.97 Å². The number of hydrogen-bond donors (Lipinski definition) is 1. The summed E-state index contributed by atoms with van der Waals surface area (Å²) in [6.07, 6.45) is -0.0582. The van der Waals surface area contributed by atoms with Gasteiger partial charge >= 0.3 is 5.97 Å². The molecule has 0 spiro atoms. The lowest BCUT2D eigenvalue weighted by Crippen LogP contribution is -2.04. The summed E-state index contributed by atoms with van der Waals surface area (Å²) in [7, 11) is 0. The monoisotopic (exact) mass is 286 g/mol. The summed E-state index contributed by atoms with van der Waals surface area (Å²) < 4.78 is 16.3. The fourth-order valence-electron chi connectivity index (χ4n) is 2.15. The van der Waals surface area contributed by atoms with Gasteiger partial charge in [-0.1, -0.05) is 24.3 Å². The first-order chi connectivity index (χ1) is 10.2. The number of rotatable bonds is 5. The molecule has 1 aliphatic heterocycles. The van der Waals surface area contributed by atoms with Crippen LogP contribution in [0.4, 0.5) is 0 Å². The molecule has 108 valence electrons. The number of benzene rings is 2. The van der Waals surface area contributed by atoms with Crippen LogP contribution in [0.1, 0.15) is 11.1 Å². The van der Waals surface area contributed by atoms with Gasteiger partial charge in [-0.05, 0) is 23.8 Å². The minimum absolute atomic E-state index is 0.0582. The Hall–Kier alpha value is -2.69. The molecule has 5 nitrogen and oxygen atoms in total. The molecule has 0 saturated heterocycles. The SMILES string of the molecule is O=C(O)Cc1ccccc1OCc1ccc2c(c1)OCO2.